The van der Waals surface area contributed by atoms with E-state index in [0.29, 0.717) is 28.9 Å². The highest BCUT2D eigenvalue weighted by molar-refractivity contribution is 6.31. The summed E-state index contributed by atoms with van der Waals surface area (Å²) < 4.78 is 13.1. The van der Waals surface area contributed by atoms with Gasteiger partial charge in [0.15, 0.2) is 5.82 Å². The summed E-state index contributed by atoms with van der Waals surface area (Å²) in [5.74, 6) is 0.436. The minimum atomic E-state index is -0.389. The number of halogens is 2. The summed E-state index contributed by atoms with van der Waals surface area (Å²) in [4.78, 5) is 12.7. The van der Waals surface area contributed by atoms with Crippen LogP contribution in [0.25, 0.3) is 22.3 Å². The fourth-order valence-corrected chi connectivity index (χ4v) is 2.75. The van der Waals surface area contributed by atoms with Gasteiger partial charge in [0, 0.05) is 22.5 Å². The molecule has 0 spiro atoms. The highest BCUT2D eigenvalue weighted by Crippen LogP contribution is 2.22. The minimum Gasteiger partial charge on any atom is -0.368 e. The average Bonchev–Trinajstić information content (AvgIpc) is 3.08. The van der Waals surface area contributed by atoms with Crippen LogP contribution in [-0.2, 0) is 6.54 Å². The Labute approximate surface area is 152 Å². The third kappa shape index (κ3) is 3.27. The molecule has 4 aromatic rings. The largest absolute Gasteiger partial charge is 0.368 e. The first-order valence-electron chi connectivity index (χ1n) is 7.71. The summed E-state index contributed by atoms with van der Waals surface area (Å²) in [6.07, 6.45) is 1.74. The Kier molecular flexibility index (Phi) is 4.10. The number of nitrogens with one attached hydrogen (secondary N) is 2. The van der Waals surface area contributed by atoms with Gasteiger partial charge in [0.25, 0.3) is 0 Å². The number of H-pyrrole nitrogens is 1. The van der Waals surface area contributed by atoms with Gasteiger partial charge in [0.05, 0.1) is 11.7 Å². The molecule has 0 amide bonds. The van der Waals surface area contributed by atoms with Gasteiger partial charge in [-0.05, 0) is 23.8 Å². The van der Waals surface area contributed by atoms with Crippen molar-refractivity contribution in [3.05, 3.63) is 59.0 Å². The van der Waals surface area contributed by atoms with Crippen LogP contribution in [0.1, 0.15) is 5.56 Å². The molecule has 0 aliphatic heterocycles. The van der Waals surface area contributed by atoms with Crippen LogP contribution in [0.15, 0.2) is 42.6 Å². The van der Waals surface area contributed by atoms with E-state index in [9.17, 15) is 4.39 Å². The molecule has 4 N–H and O–H groups in total. The number of aromatic nitrogens is 5. The van der Waals surface area contributed by atoms with Gasteiger partial charge in [-0.2, -0.15) is 20.1 Å². The molecule has 0 saturated carbocycles. The second kappa shape index (κ2) is 6.57. The number of nitrogen functional groups attached to an aromatic ring is 1. The molecule has 0 radical (unpaired) electrons. The second-order valence-electron chi connectivity index (χ2n) is 5.60. The molecule has 0 aliphatic carbocycles. The number of rotatable bonds is 4. The third-order valence-corrected chi connectivity index (χ3v) is 4.16. The summed E-state index contributed by atoms with van der Waals surface area (Å²) in [7, 11) is 0. The van der Waals surface area contributed by atoms with E-state index in [1.54, 1.807) is 12.3 Å². The van der Waals surface area contributed by atoms with Crippen molar-refractivity contribution >= 4 is 34.4 Å². The van der Waals surface area contributed by atoms with Crippen LogP contribution < -0.4 is 11.1 Å². The molecule has 2 aromatic heterocycles. The van der Waals surface area contributed by atoms with Crippen LogP contribution >= 0.6 is 11.6 Å². The molecule has 0 aliphatic rings. The lowest BCUT2D eigenvalue weighted by Gasteiger charge is -2.09. The second-order valence-corrected chi connectivity index (χ2v) is 6.01. The van der Waals surface area contributed by atoms with E-state index in [-0.39, 0.29) is 11.8 Å². The number of aromatic amines is 1. The highest BCUT2D eigenvalue weighted by atomic mass is 35.5. The fourth-order valence-electron chi connectivity index (χ4n) is 2.52. The Hall–Kier alpha value is -3.26. The Bertz CT molecular complexity index is 1100. The van der Waals surface area contributed by atoms with Gasteiger partial charge >= 0.3 is 0 Å². The van der Waals surface area contributed by atoms with E-state index in [4.69, 9.17) is 17.3 Å². The predicted molar refractivity (Wildman–Crippen MR) is 98.1 cm³/mol. The number of hydrogen-bond acceptors (Lipinski definition) is 6. The molecule has 2 heterocycles. The van der Waals surface area contributed by atoms with Gasteiger partial charge in [-0.25, -0.2) is 4.39 Å². The quantitative estimate of drug-likeness (QED) is 0.509. The van der Waals surface area contributed by atoms with Gasteiger partial charge in [-0.1, -0.05) is 29.8 Å². The molecule has 0 saturated heterocycles. The molecule has 0 bridgehead atoms. The topological polar surface area (TPSA) is 105 Å². The van der Waals surface area contributed by atoms with Gasteiger partial charge in [0.2, 0.25) is 11.9 Å². The fraction of sp³-hybridized carbons (Fsp3) is 0.0588. The molecule has 7 nitrogen and oxygen atoms in total. The maximum Gasteiger partial charge on any atom is 0.228 e. The maximum atomic E-state index is 13.1. The first-order valence-corrected chi connectivity index (χ1v) is 8.09. The van der Waals surface area contributed by atoms with E-state index >= 15 is 0 Å². The van der Waals surface area contributed by atoms with Crippen molar-refractivity contribution < 1.29 is 4.39 Å². The zero-order chi connectivity index (χ0) is 18.1. The summed E-state index contributed by atoms with van der Waals surface area (Å²) in [6, 6.07) is 9.88. The van der Waals surface area contributed by atoms with E-state index in [1.165, 1.54) is 12.1 Å². The smallest absolute Gasteiger partial charge is 0.228 e. The van der Waals surface area contributed by atoms with E-state index in [1.807, 2.05) is 18.2 Å². The van der Waals surface area contributed by atoms with Crippen molar-refractivity contribution in [2.45, 2.75) is 6.54 Å². The average molecular weight is 370 g/mol. The Balaban J connectivity index is 1.61. The summed E-state index contributed by atoms with van der Waals surface area (Å²) in [5, 5.41) is 11.2. The normalized spacial score (nSPS) is 11.0. The molecular weight excluding hydrogens is 357 g/mol. The standard InChI is InChI=1S/C17H13ClFN7/c18-13-6-12(19)4-3-10(13)7-21-17-24-15(23-16(20)25-17)9-1-2-11-8-22-26-14(11)5-9/h1-6,8H,7H2,(H,22,26)(H3,20,21,23,24,25). The maximum absolute atomic E-state index is 13.1. The van der Waals surface area contributed by atoms with Gasteiger partial charge in [0.1, 0.15) is 5.82 Å². The van der Waals surface area contributed by atoms with Crippen LogP contribution in [0, 0.1) is 5.82 Å². The Morgan fingerprint density at radius 1 is 1.12 bits per heavy atom. The summed E-state index contributed by atoms with van der Waals surface area (Å²) in [5.41, 5.74) is 8.17. The van der Waals surface area contributed by atoms with Crippen molar-refractivity contribution in [2.24, 2.45) is 0 Å². The number of anilines is 2. The first kappa shape index (κ1) is 16.2. The monoisotopic (exact) mass is 369 g/mol. The first-order chi connectivity index (χ1) is 12.6. The Morgan fingerprint density at radius 3 is 2.85 bits per heavy atom. The zero-order valence-corrected chi connectivity index (χ0v) is 14.1. The van der Waals surface area contributed by atoms with Crippen LogP contribution in [0.4, 0.5) is 16.3 Å². The van der Waals surface area contributed by atoms with Crippen LogP contribution in [0.5, 0.6) is 0 Å². The van der Waals surface area contributed by atoms with Crippen molar-refractivity contribution in [1.29, 1.82) is 0 Å². The van der Waals surface area contributed by atoms with Gasteiger partial charge < -0.3 is 11.1 Å². The molecule has 0 atom stereocenters. The zero-order valence-electron chi connectivity index (χ0n) is 13.4. The number of hydrogen-bond donors (Lipinski definition) is 3. The molecule has 130 valence electrons. The van der Waals surface area contributed by atoms with Gasteiger partial charge in [-0.15, -0.1) is 0 Å². The van der Waals surface area contributed by atoms with Crippen molar-refractivity contribution in [3.63, 3.8) is 0 Å². The number of nitrogens with two attached hydrogens (primary N) is 1. The predicted octanol–water partition coefficient (Wildman–Crippen LogP) is 3.40. The van der Waals surface area contributed by atoms with Crippen molar-refractivity contribution in [1.82, 2.24) is 25.1 Å². The molecular formula is C17H13ClFN7. The van der Waals surface area contributed by atoms with Crippen LogP contribution in [0.2, 0.25) is 5.02 Å². The summed E-state index contributed by atoms with van der Waals surface area (Å²) in [6.45, 7) is 0.321. The lowest BCUT2D eigenvalue weighted by atomic mass is 10.1. The number of nitrogens with zero attached hydrogens (tertiary/aromatic N) is 4. The van der Waals surface area contributed by atoms with Crippen LogP contribution in [0.3, 0.4) is 0 Å². The Morgan fingerprint density at radius 2 is 2.00 bits per heavy atom. The lowest BCUT2D eigenvalue weighted by Crippen LogP contribution is -2.08. The third-order valence-electron chi connectivity index (χ3n) is 3.80. The molecule has 0 fully saturated rings. The van der Waals surface area contributed by atoms with Crippen LogP contribution in [-0.4, -0.2) is 25.1 Å². The molecule has 4 rings (SSSR count). The highest BCUT2D eigenvalue weighted by Gasteiger charge is 2.09. The minimum absolute atomic E-state index is 0.0902. The number of benzene rings is 2. The van der Waals surface area contributed by atoms with Crippen molar-refractivity contribution in [3.8, 4) is 11.4 Å². The van der Waals surface area contributed by atoms with E-state index in [0.717, 1.165) is 16.5 Å². The number of fused-ring (bicyclic) bond motifs is 1. The SMILES string of the molecule is Nc1nc(NCc2ccc(F)cc2Cl)nc(-c2ccc3cn[nH]c3c2)n1. The molecule has 0 unspecified atom stereocenters. The lowest BCUT2D eigenvalue weighted by molar-refractivity contribution is 0.627. The molecule has 2 aromatic carbocycles. The summed E-state index contributed by atoms with van der Waals surface area (Å²) >= 11 is 6.03. The van der Waals surface area contributed by atoms with E-state index in [2.05, 4.69) is 30.5 Å². The molecule has 9 heteroatoms. The van der Waals surface area contributed by atoms with Gasteiger partial charge in [-0.3, -0.25) is 5.10 Å². The van der Waals surface area contributed by atoms with Crippen molar-refractivity contribution in [2.75, 3.05) is 11.1 Å². The van der Waals surface area contributed by atoms with E-state index < -0.39 is 0 Å². The molecule has 26 heavy (non-hydrogen) atoms.